The Morgan fingerprint density at radius 2 is 1.92 bits per heavy atom. The molecule has 0 aromatic carbocycles. The number of carboxylic acids is 1. The standard InChI is InChI=1S/C18H27N3O3/c1-13-10-20(11-14(2)24-13)12-15-6-8-21(9-7-15)17-5-3-4-16(19-17)18(22)23/h3-5,13-15H,6-12H2,1-2H3,(H,22,23)/t13-,14+. The third-order valence-electron chi connectivity index (χ3n) is 4.90. The predicted octanol–water partition coefficient (Wildman–Crippen LogP) is 2.11. The van der Waals surface area contributed by atoms with Gasteiger partial charge in [-0.2, -0.15) is 0 Å². The summed E-state index contributed by atoms with van der Waals surface area (Å²) in [6.07, 6.45) is 2.88. The average Bonchev–Trinajstić information content (AvgIpc) is 2.54. The van der Waals surface area contributed by atoms with Crippen LogP contribution in [0.1, 0.15) is 37.2 Å². The lowest BCUT2D eigenvalue weighted by Gasteiger charge is -2.39. The first-order chi connectivity index (χ1) is 11.5. The lowest BCUT2D eigenvalue weighted by atomic mass is 9.95. The predicted molar refractivity (Wildman–Crippen MR) is 92.6 cm³/mol. The summed E-state index contributed by atoms with van der Waals surface area (Å²) < 4.78 is 5.80. The molecule has 1 aromatic rings. The molecule has 2 atom stereocenters. The maximum atomic E-state index is 11.1. The van der Waals surface area contributed by atoms with Crippen molar-refractivity contribution >= 4 is 11.8 Å². The largest absolute Gasteiger partial charge is 0.477 e. The minimum Gasteiger partial charge on any atom is -0.477 e. The lowest BCUT2D eigenvalue weighted by Crippen LogP contribution is -2.48. The second-order valence-electron chi connectivity index (χ2n) is 7.09. The summed E-state index contributed by atoms with van der Waals surface area (Å²) in [6, 6.07) is 5.21. The summed E-state index contributed by atoms with van der Waals surface area (Å²) in [5, 5.41) is 9.08. The molecule has 1 N–H and O–H groups in total. The minimum atomic E-state index is -0.970. The van der Waals surface area contributed by atoms with E-state index in [2.05, 4.69) is 28.6 Å². The smallest absolute Gasteiger partial charge is 0.354 e. The summed E-state index contributed by atoms with van der Waals surface area (Å²) in [5.41, 5.74) is 0.117. The van der Waals surface area contributed by atoms with Gasteiger partial charge in [0.05, 0.1) is 12.2 Å². The topological polar surface area (TPSA) is 65.9 Å². The highest BCUT2D eigenvalue weighted by atomic mass is 16.5. The van der Waals surface area contributed by atoms with Crippen molar-refractivity contribution < 1.29 is 14.6 Å². The summed E-state index contributed by atoms with van der Waals surface area (Å²) >= 11 is 0. The first-order valence-electron chi connectivity index (χ1n) is 8.84. The number of aromatic nitrogens is 1. The van der Waals surface area contributed by atoms with Gasteiger partial charge in [-0.1, -0.05) is 6.07 Å². The van der Waals surface area contributed by atoms with Gasteiger partial charge in [0.25, 0.3) is 0 Å². The number of piperidine rings is 1. The molecule has 0 bridgehead atoms. The van der Waals surface area contributed by atoms with E-state index in [1.807, 2.05) is 6.07 Å². The van der Waals surface area contributed by atoms with Gasteiger partial charge in [-0.25, -0.2) is 9.78 Å². The summed E-state index contributed by atoms with van der Waals surface area (Å²) in [4.78, 5) is 20.1. The summed E-state index contributed by atoms with van der Waals surface area (Å²) in [7, 11) is 0. The Kier molecular flexibility index (Phi) is 5.36. The zero-order chi connectivity index (χ0) is 17.1. The van der Waals surface area contributed by atoms with Gasteiger partial charge >= 0.3 is 5.97 Å². The summed E-state index contributed by atoms with van der Waals surface area (Å²) in [5.74, 6) is 0.505. The van der Waals surface area contributed by atoms with Gasteiger partial charge in [0.2, 0.25) is 0 Å². The van der Waals surface area contributed by atoms with Crippen LogP contribution in [0, 0.1) is 5.92 Å². The maximum absolute atomic E-state index is 11.1. The Labute approximate surface area is 143 Å². The molecular weight excluding hydrogens is 306 g/mol. The van der Waals surface area contributed by atoms with Crippen molar-refractivity contribution in [1.29, 1.82) is 0 Å². The number of ether oxygens (including phenoxy) is 1. The molecule has 0 spiro atoms. The van der Waals surface area contributed by atoms with Gasteiger partial charge in [-0.3, -0.25) is 4.90 Å². The first-order valence-corrected chi connectivity index (χ1v) is 8.84. The van der Waals surface area contributed by atoms with E-state index < -0.39 is 5.97 Å². The number of pyridine rings is 1. The van der Waals surface area contributed by atoms with Crippen LogP contribution in [0.4, 0.5) is 5.82 Å². The molecule has 132 valence electrons. The van der Waals surface area contributed by atoms with Gasteiger partial charge in [0, 0.05) is 32.7 Å². The number of hydrogen-bond acceptors (Lipinski definition) is 5. The van der Waals surface area contributed by atoms with E-state index in [-0.39, 0.29) is 5.69 Å². The number of nitrogens with zero attached hydrogens (tertiary/aromatic N) is 3. The van der Waals surface area contributed by atoms with E-state index in [1.54, 1.807) is 12.1 Å². The Balaban J connectivity index is 1.52. The Hall–Kier alpha value is -1.66. The zero-order valence-corrected chi connectivity index (χ0v) is 14.5. The van der Waals surface area contributed by atoms with Gasteiger partial charge in [-0.15, -0.1) is 0 Å². The second kappa shape index (κ2) is 7.49. The normalized spacial score (nSPS) is 26.5. The molecule has 2 aliphatic rings. The molecule has 2 aliphatic heterocycles. The highest BCUT2D eigenvalue weighted by Gasteiger charge is 2.27. The van der Waals surface area contributed by atoms with Gasteiger partial charge in [-0.05, 0) is 44.7 Å². The van der Waals surface area contributed by atoms with Crippen molar-refractivity contribution in [3.63, 3.8) is 0 Å². The number of carbonyl (C=O) groups is 1. The fourth-order valence-corrected chi connectivity index (χ4v) is 3.86. The molecule has 0 radical (unpaired) electrons. The molecule has 0 amide bonds. The molecule has 6 heteroatoms. The van der Waals surface area contributed by atoms with Crippen molar-refractivity contribution in [3.8, 4) is 0 Å². The fourth-order valence-electron chi connectivity index (χ4n) is 3.86. The molecule has 24 heavy (non-hydrogen) atoms. The van der Waals surface area contributed by atoms with Crippen molar-refractivity contribution in [2.45, 2.75) is 38.9 Å². The molecule has 1 aromatic heterocycles. The quantitative estimate of drug-likeness (QED) is 0.910. The number of carboxylic acid groups (broad SMARTS) is 1. The lowest BCUT2D eigenvalue weighted by molar-refractivity contribution is -0.0720. The van der Waals surface area contributed by atoms with Crippen LogP contribution in [0.3, 0.4) is 0 Å². The van der Waals surface area contributed by atoms with Crippen LogP contribution in [-0.2, 0) is 4.74 Å². The van der Waals surface area contributed by atoms with Crippen LogP contribution in [0.25, 0.3) is 0 Å². The van der Waals surface area contributed by atoms with Crippen LogP contribution >= 0.6 is 0 Å². The SMILES string of the molecule is C[C@@H]1CN(CC2CCN(c3cccc(C(=O)O)n3)CC2)C[C@H](C)O1. The molecule has 6 nitrogen and oxygen atoms in total. The first kappa shape index (κ1) is 17.2. The van der Waals surface area contributed by atoms with E-state index in [1.165, 1.54) is 0 Å². The molecule has 0 unspecified atom stereocenters. The Morgan fingerprint density at radius 1 is 1.25 bits per heavy atom. The highest BCUT2D eigenvalue weighted by Crippen LogP contribution is 2.24. The molecule has 0 aliphatic carbocycles. The number of anilines is 1. The molecule has 2 saturated heterocycles. The minimum absolute atomic E-state index is 0.117. The third kappa shape index (κ3) is 4.24. The maximum Gasteiger partial charge on any atom is 0.354 e. The van der Waals surface area contributed by atoms with E-state index >= 15 is 0 Å². The second-order valence-corrected chi connectivity index (χ2v) is 7.09. The van der Waals surface area contributed by atoms with E-state index in [0.717, 1.165) is 51.4 Å². The van der Waals surface area contributed by atoms with Crippen molar-refractivity contribution in [2.24, 2.45) is 5.92 Å². The van der Waals surface area contributed by atoms with Crippen LogP contribution in [0.15, 0.2) is 18.2 Å². The zero-order valence-electron chi connectivity index (χ0n) is 14.5. The van der Waals surface area contributed by atoms with E-state index in [0.29, 0.717) is 18.1 Å². The Bertz CT molecular complexity index is 562. The number of aromatic carboxylic acids is 1. The summed E-state index contributed by atoms with van der Waals surface area (Å²) in [6.45, 7) is 9.35. The molecule has 0 saturated carbocycles. The van der Waals surface area contributed by atoms with Crippen molar-refractivity contribution in [3.05, 3.63) is 23.9 Å². The van der Waals surface area contributed by atoms with Crippen LogP contribution < -0.4 is 4.90 Å². The molecule has 3 rings (SSSR count). The van der Waals surface area contributed by atoms with Crippen molar-refractivity contribution in [1.82, 2.24) is 9.88 Å². The number of rotatable bonds is 4. The third-order valence-corrected chi connectivity index (χ3v) is 4.90. The van der Waals surface area contributed by atoms with E-state index in [9.17, 15) is 4.79 Å². The van der Waals surface area contributed by atoms with Crippen LogP contribution in [0.2, 0.25) is 0 Å². The van der Waals surface area contributed by atoms with Crippen LogP contribution in [0.5, 0.6) is 0 Å². The molecule has 2 fully saturated rings. The fraction of sp³-hybridized carbons (Fsp3) is 0.667. The van der Waals surface area contributed by atoms with E-state index in [4.69, 9.17) is 9.84 Å². The Morgan fingerprint density at radius 3 is 2.54 bits per heavy atom. The van der Waals surface area contributed by atoms with Gasteiger partial charge in [0.15, 0.2) is 5.69 Å². The molecule has 3 heterocycles. The van der Waals surface area contributed by atoms with Gasteiger partial charge in [0.1, 0.15) is 5.82 Å². The van der Waals surface area contributed by atoms with Crippen molar-refractivity contribution in [2.75, 3.05) is 37.6 Å². The van der Waals surface area contributed by atoms with Crippen LogP contribution in [-0.4, -0.2) is 65.9 Å². The molecular formula is C18H27N3O3. The number of hydrogen-bond donors (Lipinski definition) is 1. The average molecular weight is 333 g/mol. The number of morpholine rings is 1. The highest BCUT2D eigenvalue weighted by molar-refractivity contribution is 5.85. The van der Waals surface area contributed by atoms with Gasteiger partial charge < -0.3 is 14.7 Å². The monoisotopic (exact) mass is 333 g/mol.